The van der Waals surface area contributed by atoms with Gasteiger partial charge in [0.05, 0.1) is 37.1 Å². The van der Waals surface area contributed by atoms with E-state index < -0.39 is 0 Å². The third kappa shape index (κ3) is 2.49. The van der Waals surface area contributed by atoms with E-state index in [2.05, 4.69) is 25.4 Å². The molecule has 1 saturated heterocycles. The number of ether oxygens (including phenoxy) is 2. The van der Waals surface area contributed by atoms with Crippen LogP contribution in [-0.4, -0.2) is 44.6 Å². The number of halogens is 1. The molecule has 0 spiro atoms. The van der Waals surface area contributed by atoms with Crippen molar-refractivity contribution < 1.29 is 9.47 Å². The lowest BCUT2D eigenvalue weighted by Crippen LogP contribution is -2.31. The lowest BCUT2D eigenvalue weighted by Gasteiger charge is -2.26. The van der Waals surface area contributed by atoms with Crippen LogP contribution in [0.25, 0.3) is 11.0 Å². The highest BCUT2D eigenvalue weighted by atomic mass is 35.5. The summed E-state index contributed by atoms with van der Waals surface area (Å²) in [5, 5.41) is 8.74. The second-order valence-electron chi connectivity index (χ2n) is 5.14. The van der Waals surface area contributed by atoms with Crippen LogP contribution in [0.2, 0.25) is 5.15 Å². The van der Waals surface area contributed by atoms with E-state index in [-0.39, 0.29) is 6.04 Å². The topological polar surface area (TPSA) is 89.9 Å². The van der Waals surface area contributed by atoms with Gasteiger partial charge >= 0.3 is 0 Å². The number of nitrogens with zero attached hydrogens (tertiary/aromatic N) is 4. The minimum absolute atomic E-state index is 0.184. The normalized spacial score (nSPS) is 14.9. The van der Waals surface area contributed by atoms with Crippen LogP contribution < -0.4 is 10.1 Å². The second-order valence-corrected chi connectivity index (χ2v) is 5.49. The van der Waals surface area contributed by atoms with E-state index in [0.29, 0.717) is 48.1 Å². The van der Waals surface area contributed by atoms with Crippen LogP contribution in [0.1, 0.15) is 13.0 Å². The minimum Gasteiger partial charge on any atom is -0.477 e. The first-order valence-corrected chi connectivity index (χ1v) is 7.69. The molecule has 120 valence electrons. The number of aromatic nitrogens is 5. The Kier molecular flexibility index (Phi) is 3.55. The van der Waals surface area contributed by atoms with Crippen LogP contribution in [0.3, 0.4) is 0 Å². The van der Waals surface area contributed by atoms with E-state index in [1.54, 1.807) is 17.1 Å². The third-order valence-corrected chi connectivity index (χ3v) is 3.99. The zero-order valence-corrected chi connectivity index (χ0v) is 13.2. The Morgan fingerprint density at radius 2 is 2.35 bits per heavy atom. The number of fused-ring (bicyclic) bond motifs is 1. The van der Waals surface area contributed by atoms with Crippen LogP contribution in [-0.2, 0) is 4.74 Å². The van der Waals surface area contributed by atoms with E-state index in [9.17, 15) is 0 Å². The summed E-state index contributed by atoms with van der Waals surface area (Å²) in [5.41, 5.74) is 1.34. The molecule has 0 saturated carbocycles. The van der Waals surface area contributed by atoms with Crippen molar-refractivity contribution in [2.24, 2.45) is 0 Å². The molecular formula is C14H15ClN6O2. The predicted molar refractivity (Wildman–Crippen MR) is 85.4 cm³/mol. The summed E-state index contributed by atoms with van der Waals surface area (Å²) in [4.78, 5) is 11.9. The second kappa shape index (κ2) is 5.71. The summed E-state index contributed by atoms with van der Waals surface area (Å²) in [5.74, 6) is 0.923. The number of H-pyrrole nitrogens is 1. The molecule has 1 aliphatic heterocycles. The molecule has 23 heavy (non-hydrogen) atoms. The van der Waals surface area contributed by atoms with Gasteiger partial charge < -0.3 is 19.8 Å². The number of rotatable bonds is 5. The Morgan fingerprint density at radius 3 is 3.09 bits per heavy atom. The largest absolute Gasteiger partial charge is 0.477 e. The fourth-order valence-electron chi connectivity index (χ4n) is 2.39. The lowest BCUT2D eigenvalue weighted by molar-refractivity contribution is -0.0284. The van der Waals surface area contributed by atoms with Gasteiger partial charge in [0.2, 0.25) is 11.8 Å². The van der Waals surface area contributed by atoms with E-state index in [1.165, 1.54) is 0 Å². The fraction of sp³-hybridized carbons (Fsp3) is 0.357. The first-order valence-electron chi connectivity index (χ1n) is 7.32. The number of anilines is 2. The minimum atomic E-state index is 0.184. The molecule has 0 atom stereocenters. The Labute approximate surface area is 136 Å². The maximum absolute atomic E-state index is 6.37. The van der Waals surface area contributed by atoms with Crippen molar-refractivity contribution in [2.45, 2.75) is 13.0 Å². The van der Waals surface area contributed by atoms with Gasteiger partial charge in [0, 0.05) is 6.20 Å². The van der Waals surface area contributed by atoms with Gasteiger partial charge in [-0.3, -0.25) is 0 Å². The molecule has 8 nitrogen and oxygen atoms in total. The molecule has 0 aromatic carbocycles. The van der Waals surface area contributed by atoms with E-state index >= 15 is 0 Å². The van der Waals surface area contributed by atoms with Gasteiger partial charge in [0.1, 0.15) is 11.7 Å². The molecule has 4 rings (SSSR count). The van der Waals surface area contributed by atoms with Gasteiger partial charge in [0.25, 0.3) is 0 Å². The standard InChI is InChI=1S/C14H15ClN6O2/c1-2-23-13-9-3-4-16-12(9)19-14(20-13)18-10-5-17-21(11(10)15)8-6-22-7-8/h3-5,8H,2,6-7H2,1H3,(H2,16,18,19,20). The maximum atomic E-state index is 6.37. The quantitative estimate of drug-likeness (QED) is 0.745. The monoisotopic (exact) mass is 334 g/mol. The first kappa shape index (κ1) is 14.3. The van der Waals surface area contributed by atoms with Crippen LogP contribution >= 0.6 is 11.6 Å². The molecule has 1 fully saturated rings. The van der Waals surface area contributed by atoms with Crippen LogP contribution in [0, 0.1) is 0 Å². The summed E-state index contributed by atoms with van der Waals surface area (Å²) in [6.45, 7) is 3.69. The average molecular weight is 335 g/mol. The van der Waals surface area contributed by atoms with Crippen molar-refractivity contribution in [3.05, 3.63) is 23.6 Å². The smallest absolute Gasteiger partial charge is 0.232 e. The predicted octanol–water partition coefficient (Wildman–Crippen LogP) is 2.52. The summed E-state index contributed by atoms with van der Waals surface area (Å²) in [6, 6.07) is 2.06. The van der Waals surface area contributed by atoms with Crippen molar-refractivity contribution in [2.75, 3.05) is 25.1 Å². The van der Waals surface area contributed by atoms with Crippen molar-refractivity contribution in [3.63, 3.8) is 0 Å². The van der Waals surface area contributed by atoms with Crippen molar-refractivity contribution in [3.8, 4) is 5.88 Å². The molecule has 9 heteroatoms. The van der Waals surface area contributed by atoms with Crippen molar-refractivity contribution in [1.29, 1.82) is 0 Å². The zero-order valence-electron chi connectivity index (χ0n) is 12.4. The average Bonchev–Trinajstić information content (AvgIpc) is 3.08. The molecule has 3 aromatic heterocycles. The summed E-state index contributed by atoms with van der Waals surface area (Å²) < 4.78 is 12.5. The van der Waals surface area contributed by atoms with Crippen LogP contribution in [0.4, 0.5) is 11.6 Å². The van der Waals surface area contributed by atoms with E-state index in [1.807, 2.05) is 13.0 Å². The molecule has 0 unspecified atom stereocenters. The molecule has 0 bridgehead atoms. The summed E-state index contributed by atoms with van der Waals surface area (Å²) >= 11 is 6.37. The van der Waals surface area contributed by atoms with E-state index in [0.717, 1.165) is 5.39 Å². The molecule has 0 amide bonds. The highest BCUT2D eigenvalue weighted by Gasteiger charge is 2.25. The Bertz CT molecular complexity index is 841. The first-order chi connectivity index (χ1) is 11.3. The van der Waals surface area contributed by atoms with Gasteiger partial charge in [-0.1, -0.05) is 11.6 Å². The highest BCUT2D eigenvalue weighted by Crippen LogP contribution is 2.30. The molecule has 2 N–H and O–H groups in total. The molecule has 1 aliphatic rings. The fourth-order valence-corrected chi connectivity index (χ4v) is 2.66. The van der Waals surface area contributed by atoms with Gasteiger partial charge in [-0.05, 0) is 13.0 Å². The maximum Gasteiger partial charge on any atom is 0.232 e. The van der Waals surface area contributed by atoms with Gasteiger partial charge in [-0.15, -0.1) is 0 Å². The molecular weight excluding hydrogens is 320 g/mol. The number of hydrogen-bond acceptors (Lipinski definition) is 6. The summed E-state index contributed by atoms with van der Waals surface area (Å²) in [6.07, 6.45) is 3.45. The Morgan fingerprint density at radius 1 is 1.48 bits per heavy atom. The van der Waals surface area contributed by atoms with Crippen LogP contribution in [0.15, 0.2) is 18.5 Å². The van der Waals surface area contributed by atoms with Gasteiger partial charge in [0.15, 0.2) is 5.15 Å². The van der Waals surface area contributed by atoms with Crippen molar-refractivity contribution in [1.82, 2.24) is 24.7 Å². The molecule has 3 aromatic rings. The lowest BCUT2D eigenvalue weighted by atomic mass is 10.3. The Balaban J connectivity index is 1.65. The zero-order chi connectivity index (χ0) is 15.8. The number of aromatic amines is 1. The number of hydrogen-bond donors (Lipinski definition) is 2. The van der Waals surface area contributed by atoms with Gasteiger partial charge in [-0.2, -0.15) is 15.1 Å². The van der Waals surface area contributed by atoms with Crippen molar-refractivity contribution >= 4 is 34.3 Å². The number of nitrogens with one attached hydrogen (secondary N) is 2. The SMILES string of the molecule is CCOc1nc(Nc2cnn(C3COC3)c2Cl)nc2[nH]ccc12. The molecule has 0 aliphatic carbocycles. The van der Waals surface area contributed by atoms with Gasteiger partial charge in [-0.25, -0.2) is 4.68 Å². The van der Waals surface area contributed by atoms with E-state index in [4.69, 9.17) is 21.1 Å². The van der Waals surface area contributed by atoms with Crippen LogP contribution in [0.5, 0.6) is 5.88 Å². The Hall–Kier alpha value is -2.32. The highest BCUT2D eigenvalue weighted by molar-refractivity contribution is 6.32. The molecule has 4 heterocycles. The molecule has 0 radical (unpaired) electrons. The third-order valence-electron chi connectivity index (χ3n) is 3.61. The summed E-state index contributed by atoms with van der Waals surface area (Å²) in [7, 11) is 0.